The highest BCUT2D eigenvalue weighted by Crippen LogP contribution is 2.34. The summed E-state index contributed by atoms with van der Waals surface area (Å²) in [6.07, 6.45) is 2.23. The quantitative estimate of drug-likeness (QED) is 0.464. The Kier molecular flexibility index (Phi) is 5.28. The van der Waals surface area contributed by atoms with Crippen molar-refractivity contribution in [1.29, 1.82) is 0 Å². The van der Waals surface area contributed by atoms with E-state index in [1.54, 1.807) is 12.3 Å². The summed E-state index contributed by atoms with van der Waals surface area (Å²) < 4.78 is 47.8. The molecule has 0 fully saturated rings. The molecule has 0 bridgehead atoms. The van der Waals surface area contributed by atoms with E-state index in [1.807, 2.05) is 29.7 Å². The molecule has 0 saturated heterocycles. The number of hydrogen-bond donors (Lipinski definition) is 1. The molecule has 0 unspecified atom stereocenters. The van der Waals surface area contributed by atoms with Crippen molar-refractivity contribution in [3.8, 4) is 11.4 Å². The standard InChI is InChI=1S/C24H22F3N5O/c1-14-17(4-3-5-18(14)24(25,26)27)12-21-15(2)29-23-22(19-6-9-28-31-19)30-20(13-32(21)23)16-7-10-33-11-8-16/h3-7,9,13H,8,10-12H2,1-2H3,(H,28,31). The van der Waals surface area contributed by atoms with Crippen LogP contribution in [0.15, 0.2) is 42.7 Å². The van der Waals surface area contributed by atoms with Gasteiger partial charge in [0, 0.05) is 24.5 Å². The third kappa shape index (κ3) is 3.93. The molecule has 9 heteroatoms. The molecule has 0 atom stereocenters. The molecule has 3 aromatic heterocycles. The van der Waals surface area contributed by atoms with Gasteiger partial charge in [-0.25, -0.2) is 9.97 Å². The fourth-order valence-corrected chi connectivity index (χ4v) is 4.27. The van der Waals surface area contributed by atoms with Crippen LogP contribution < -0.4 is 0 Å². The average molecular weight is 453 g/mol. The number of nitrogens with one attached hydrogen (secondary N) is 1. The molecule has 170 valence electrons. The zero-order valence-corrected chi connectivity index (χ0v) is 18.2. The smallest absolute Gasteiger partial charge is 0.377 e. The number of fused-ring (bicyclic) bond motifs is 1. The summed E-state index contributed by atoms with van der Waals surface area (Å²) in [6, 6.07) is 6.14. The van der Waals surface area contributed by atoms with Crippen molar-refractivity contribution in [1.82, 2.24) is 24.6 Å². The van der Waals surface area contributed by atoms with Crippen molar-refractivity contribution >= 4 is 11.2 Å². The number of nitrogens with zero attached hydrogens (tertiary/aromatic N) is 4. The summed E-state index contributed by atoms with van der Waals surface area (Å²) in [5.74, 6) is 0. The Hall–Kier alpha value is -3.46. The van der Waals surface area contributed by atoms with Gasteiger partial charge in [-0.15, -0.1) is 0 Å². The van der Waals surface area contributed by atoms with Crippen LogP contribution in [-0.4, -0.2) is 37.8 Å². The summed E-state index contributed by atoms with van der Waals surface area (Å²) in [6.45, 7) is 4.53. The maximum atomic E-state index is 13.5. The zero-order valence-electron chi connectivity index (χ0n) is 18.2. The first-order valence-corrected chi connectivity index (χ1v) is 10.6. The average Bonchev–Trinajstić information content (AvgIpc) is 3.43. The molecule has 0 spiro atoms. The molecule has 1 aliphatic heterocycles. The molecule has 4 aromatic rings. The molecule has 0 amide bonds. The monoisotopic (exact) mass is 453 g/mol. The number of imidazole rings is 1. The summed E-state index contributed by atoms with van der Waals surface area (Å²) in [5.41, 5.74) is 5.65. The first-order valence-electron chi connectivity index (χ1n) is 10.6. The third-order valence-corrected chi connectivity index (χ3v) is 6.06. The Morgan fingerprint density at radius 2 is 2.00 bits per heavy atom. The van der Waals surface area contributed by atoms with Crippen molar-refractivity contribution in [2.75, 3.05) is 13.2 Å². The Morgan fingerprint density at radius 1 is 1.15 bits per heavy atom. The number of alkyl halides is 3. The lowest BCUT2D eigenvalue weighted by molar-refractivity contribution is -0.138. The lowest BCUT2D eigenvalue weighted by Crippen LogP contribution is -2.10. The molecule has 0 aliphatic carbocycles. The van der Waals surface area contributed by atoms with Gasteiger partial charge in [0.2, 0.25) is 0 Å². The second-order valence-corrected chi connectivity index (χ2v) is 8.10. The highest BCUT2D eigenvalue weighted by molar-refractivity contribution is 5.75. The van der Waals surface area contributed by atoms with Crippen LogP contribution in [0, 0.1) is 13.8 Å². The maximum Gasteiger partial charge on any atom is 0.416 e. The van der Waals surface area contributed by atoms with Gasteiger partial charge in [0.15, 0.2) is 5.65 Å². The number of rotatable bonds is 4. The second kappa shape index (κ2) is 8.15. The Morgan fingerprint density at radius 3 is 2.70 bits per heavy atom. The van der Waals surface area contributed by atoms with E-state index in [-0.39, 0.29) is 5.56 Å². The van der Waals surface area contributed by atoms with Gasteiger partial charge in [0.1, 0.15) is 5.69 Å². The van der Waals surface area contributed by atoms with Gasteiger partial charge in [-0.2, -0.15) is 18.3 Å². The minimum Gasteiger partial charge on any atom is -0.377 e. The van der Waals surface area contributed by atoms with Crippen LogP contribution in [0.5, 0.6) is 0 Å². The first kappa shape index (κ1) is 21.4. The number of H-pyrrole nitrogens is 1. The van der Waals surface area contributed by atoms with Crippen LogP contribution in [0.1, 0.15) is 40.2 Å². The number of benzene rings is 1. The Labute approximate surface area is 188 Å². The summed E-state index contributed by atoms with van der Waals surface area (Å²) in [4.78, 5) is 9.60. The van der Waals surface area contributed by atoms with E-state index >= 15 is 0 Å². The second-order valence-electron chi connectivity index (χ2n) is 8.10. The third-order valence-electron chi connectivity index (χ3n) is 6.06. The van der Waals surface area contributed by atoms with E-state index in [1.165, 1.54) is 13.0 Å². The topological polar surface area (TPSA) is 68.1 Å². The van der Waals surface area contributed by atoms with Crippen molar-refractivity contribution in [3.63, 3.8) is 0 Å². The van der Waals surface area contributed by atoms with E-state index < -0.39 is 11.7 Å². The fourth-order valence-electron chi connectivity index (χ4n) is 4.27. The highest BCUT2D eigenvalue weighted by atomic mass is 19.4. The number of hydrogen-bond acceptors (Lipinski definition) is 4. The van der Waals surface area contributed by atoms with Crippen LogP contribution in [0.3, 0.4) is 0 Å². The largest absolute Gasteiger partial charge is 0.416 e. The number of aromatic amines is 1. The molecular weight excluding hydrogens is 431 g/mol. The van der Waals surface area contributed by atoms with Gasteiger partial charge in [-0.05, 0) is 49.1 Å². The molecular formula is C24H22F3N5O. The van der Waals surface area contributed by atoms with E-state index in [0.717, 1.165) is 40.8 Å². The van der Waals surface area contributed by atoms with Crippen molar-refractivity contribution in [3.05, 3.63) is 76.5 Å². The van der Waals surface area contributed by atoms with Gasteiger partial charge < -0.3 is 4.74 Å². The number of halogens is 3. The highest BCUT2D eigenvalue weighted by Gasteiger charge is 2.33. The van der Waals surface area contributed by atoms with Crippen LogP contribution in [0.25, 0.3) is 22.6 Å². The van der Waals surface area contributed by atoms with Crippen LogP contribution in [0.2, 0.25) is 0 Å². The predicted molar refractivity (Wildman–Crippen MR) is 118 cm³/mol. The Balaban J connectivity index is 1.69. The van der Waals surface area contributed by atoms with Crippen molar-refractivity contribution in [2.45, 2.75) is 32.9 Å². The van der Waals surface area contributed by atoms with Crippen molar-refractivity contribution in [2.24, 2.45) is 0 Å². The van der Waals surface area contributed by atoms with E-state index in [0.29, 0.717) is 36.5 Å². The van der Waals surface area contributed by atoms with Crippen LogP contribution >= 0.6 is 0 Å². The van der Waals surface area contributed by atoms with Gasteiger partial charge in [0.25, 0.3) is 0 Å². The van der Waals surface area contributed by atoms with Crippen LogP contribution in [-0.2, 0) is 17.3 Å². The summed E-state index contributed by atoms with van der Waals surface area (Å²) in [5, 5.41) is 7.00. The molecule has 5 rings (SSSR count). The first-order chi connectivity index (χ1) is 15.8. The van der Waals surface area contributed by atoms with E-state index in [2.05, 4.69) is 10.2 Å². The van der Waals surface area contributed by atoms with Gasteiger partial charge in [-0.3, -0.25) is 9.50 Å². The number of ether oxygens (including phenoxy) is 1. The summed E-state index contributed by atoms with van der Waals surface area (Å²) >= 11 is 0. The van der Waals surface area contributed by atoms with Crippen LogP contribution in [0.4, 0.5) is 13.2 Å². The lowest BCUT2D eigenvalue weighted by Gasteiger charge is -2.16. The maximum absolute atomic E-state index is 13.5. The normalized spacial score (nSPS) is 14.6. The minimum absolute atomic E-state index is 0.231. The van der Waals surface area contributed by atoms with Gasteiger partial charge >= 0.3 is 6.18 Å². The van der Waals surface area contributed by atoms with Gasteiger partial charge in [0.05, 0.1) is 35.9 Å². The molecule has 6 nitrogen and oxygen atoms in total. The molecule has 0 saturated carbocycles. The molecule has 4 heterocycles. The fraction of sp³-hybridized carbons (Fsp3) is 0.292. The molecule has 33 heavy (non-hydrogen) atoms. The number of aryl methyl sites for hydroxylation is 1. The minimum atomic E-state index is -4.39. The molecule has 1 aliphatic rings. The molecule has 0 radical (unpaired) electrons. The Bertz CT molecular complexity index is 1350. The van der Waals surface area contributed by atoms with E-state index in [4.69, 9.17) is 14.7 Å². The van der Waals surface area contributed by atoms with Gasteiger partial charge in [-0.1, -0.05) is 18.2 Å². The molecule has 1 aromatic carbocycles. The number of aromatic nitrogens is 5. The summed E-state index contributed by atoms with van der Waals surface area (Å²) in [7, 11) is 0. The van der Waals surface area contributed by atoms with Crippen molar-refractivity contribution < 1.29 is 17.9 Å². The molecule has 1 N–H and O–H groups in total. The SMILES string of the molecule is Cc1nc2c(-c3ccn[nH]3)nc(C3=CCOCC3)cn2c1Cc1cccc(C(F)(F)F)c1C. The van der Waals surface area contributed by atoms with E-state index in [9.17, 15) is 13.2 Å². The predicted octanol–water partition coefficient (Wildman–Crippen LogP) is 5.15. The zero-order chi connectivity index (χ0) is 23.2. The lowest BCUT2D eigenvalue weighted by atomic mass is 9.98.